The number of cyclic esters (lactones) is 1. The summed E-state index contributed by atoms with van der Waals surface area (Å²) < 4.78 is 11.6. The molecule has 1 fully saturated rings. The molecule has 116 valence electrons. The van der Waals surface area contributed by atoms with E-state index in [4.69, 9.17) is 6.17 Å². The third kappa shape index (κ3) is 1.76. The van der Waals surface area contributed by atoms with Crippen LogP contribution in [0, 0.1) is 10.1 Å². The van der Waals surface area contributed by atoms with E-state index in [1.54, 1.807) is 0 Å². The molecule has 4 N–H and O–H groups in total. The van der Waals surface area contributed by atoms with Crippen molar-refractivity contribution in [3.63, 3.8) is 0 Å². The van der Waals surface area contributed by atoms with E-state index in [-0.39, 0.29) is 11.3 Å². The van der Waals surface area contributed by atoms with Gasteiger partial charge in [-0.15, -0.1) is 0 Å². The van der Waals surface area contributed by atoms with Crippen molar-refractivity contribution in [1.29, 1.82) is 1.43 Å². The van der Waals surface area contributed by atoms with E-state index in [9.17, 15) is 30.2 Å². The Morgan fingerprint density at radius 3 is 2.82 bits per heavy atom. The number of nitro groups is 1. The molecule has 4 atom stereocenters. The summed E-state index contributed by atoms with van der Waals surface area (Å²) in [6.45, 7) is 0. The number of aliphatic hydroxyl groups excluding tert-OH is 3. The van der Waals surface area contributed by atoms with Crippen LogP contribution in [0.3, 0.4) is 0 Å². The SMILES string of the molecule is [2H]OC1=C(O)C(=O)O[C@@H]1[C@@]1(O)C(O)C1c1cccc([N+](=O)[O-])c1. The molecule has 0 amide bonds. The van der Waals surface area contributed by atoms with Gasteiger partial charge in [-0.1, -0.05) is 12.1 Å². The largest absolute Gasteiger partial charge is 0.505 e. The highest BCUT2D eigenvalue weighted by Crippen LogP contribution is 2.57. The minimum Gasteiger partial charge on any atom is -0.505 e. The molecule has 0 spiro atoms. The van der Waals surface area contributed by atoms with Crippen LogP contribution in [-0.4, -0.2) is 49.1 Å². The van der Waals surface area contributed by atoms with Crippen molar-refractivity contribution in [2.75, 3.05) is 0 Å². The number of hydrogen-bond acceptors (Lipinski definition) is 8. The fraction of sp³-hybridized carbons (Fsp3) is 0.308. The van der Waals surface area contributed by atoms with Gasteiger partial charge < -0.3 is 25.2 Å². The van der Waals surface area contributed by atoms with Crippen LogP contribution in [0.2, 0.25) is 0 Å². The molecule has 1 aliphatic carbocycles. The zero-order valence-corrected chi connectivity index (χ0v) is 10.9. The van der Waals surface area contributed by atoms with E-state index in [0.29, 0.717) is 0 Å². The van der Waals surface area contributed by atoms with Gasteiger partial charge in [-0.25, -0.2) is 4.79 Å². The number of hydrogen-bond donors (Lipinski definition) is 4. The standard InChI is InChI=1S/C13H11NO8/c15-8-9(16)12(18)22-11(8)13(19)7(10(13)17)5-2-1-3-6(4-5)14(20)21/h1-4,7,10-11,15-17,19H/t7?,10?,11-,13-/m0/s1/i/hD. The number of ether oxygens (including phenoxy) is 1. The maximum atomic E-state index is 11.3. The predicted octanol–water partition coefficient (Wildman–Crippen LogP) is 0.0370. The number of nitrogens with zero attached hydrogens (tertiary/aromatic N) is 1. The van der Waals surface area contributed by atoms with Gasteiger partial charge in [0.2, 0.25) is 5.76 Å². The molecule has 3 rings (SSSR count). The molecule has 9 nitrogen and oxygen atoms in total. The molecule has 9 heteroatoms. The second-order valence-corrected chi connectivity index (χ2v) is 5.16. The Balaban J connectivity index is 1.95. The molecule has 1 aromatic carbocycles. The smallest absolute Gasteiger partial charge is 0.378 e. The zero-order chi connectivity index (χ0) is 16.9. The van der Waals surface area contributed by atoms with Crippen LogP contribution < -0.4 is 0 Å². The molecular weight excluding hydrogens is 298 g/mol. The summed E-state index contributed by atoms with van der Waals surface area (Å²) >= 11 is 0. The third-order valence-corrected chi connectivity index (χ3v) is 3.93. The minimum absolute atomic E-state index is 0.234. The highest BCUT2D eigenvalue weighted by molar-refractivity contribution is 5.89. The number of nitro benzene ring substituents is 1. The van der Waals surface area contributed by atoms with Crippen LogP contribution in [0.5, 0.6) is 0 Å². The average molecular weight is 310 g/mol. The number of carbonyl (C=O) groups excluding carboxylic acids is 1. The Labute approximate surface area is 124 Å². The highest BCUT2D eigenvalue weighted by Gasteiger charge is 2.72. The van der Waals surface area contributed by atoms with Crippen LogP contribution in [-0.2, 0) is 9.53 Å². The van der Waals surface area contributed by atoms with Gasteiger partial charge in [-0.05, 0) is 5.56 Å². The number of carbonyl (C=O) groups is 1. The van der Waals surface area contributed by atoms with Gasteiger partial charge >= 0.3 is 5.97 Å². The van der Waals surface area contributed by atoms with Gasteiger partial charge in [0.25, 0.3) is 7.12 Å². The average Bonchev–Trinajstić information content (AvgIpc) is 2.95. The van der Waals surface area contributed by atoms with E-state index in [2.05, 4.69) is 5.11 Å². The van der Waals surface area contributed by atoms with Crippen molar-refractivity contribution in [3.8, 4) is 0 Å². The fourth-order valence-electron chi connectivity index (χ4n) is 2.72. The van der Waals surface area contributed by atoms with E-state index in [1.807, 2.05) is 0 Å². The van der Waals surface area contributed by atoms with Gasteiger partial charge in [0.1, 0.15) is 5.60 Å². The Kier molecular flexibility index (Phi) is 2.62. The molecule has 0 bridgehead atoms. The summed E-state index contributed by atoms with van der Waals surface area (Å²) in [6, 6.07) is 5.26. The highest BCUT2D eigenvalue weighted by atomic mass is 16.6. The first kappa shape index (κ1) is 13.0. The molecule has 1 heterocycles. The summed E-state index contributed by atoms with van der Waals surface area (Å²) in [5, 5.41) is 45.0. The molecule has 0 saturated heterocycles. The van der Waals surface area contributed by atoms with Crippen molar-refractivity contribution < 1.29 is 34.9 Å². The van der Waals surface area contributed by atoms with Crippen molar-refractivity contribution >= 4 is 11.7 Å². The summed E-state index contributed by atoms with van der Waals surface area (Å²) in [7, 11) is 0. The Bertz CT molecular complexity index is 734. The quantitative estimate of drug-likeness (QED) is 0.345. The Morgan fingerprint density at radius 2 is 2.18 bits per heavy atom. The van der Waals surface area contributed by atoms with Crippen LogP contribution >= 0.6 is 0 Å². The lowest BCUT2D eigenvalue weighted by molar-refractivity contribution is -0.384. The number of aliphatic hydroxyl groups is 4. The number of non-ortho nitro benzene ring substituents is 1. The lowest BCUT2D eigenvalue weighted by atomic mass is 10.0. The Morgan fingerprint density at radius 1 is 1.45 bits per heavy atom. The lowest BCUT2D eigenvalue weighted by Gasteiger charge is -2.17. The second-order valence-electron chi connectivity index (χ2n) is 5.16. The Hall–Kier alpha value is -2.65. The minimum atomic E-state index is -2.05. The molecule has 22 heavy (non-hydrogen) atoms. The van der Waals surface area contributed by atoms with Crippen LogP contribution in [0.15, 0.2) is 35.8 Å². The fourth-order valence-corrected chi connectivity index (χ4v) is 2.72. The second kappa shape index (κ2) is 4.42. The van der Waals surface area contributed by atoms with Gasteiger partial charge in [-0.3, -0.25) is 10.1 Å². The number of rotatable bonds is 4. The van der Waals surface area contributed by atoms with Crippen LogP contribution in [0.1, 0.15) is 11.5 Å². The van der Waals surface area contributed by atoms with Gasteiger partial charge in [-0.2, -0.15) is 0 Å². The van der Waals surface area contributed by atoms with Crippen molar-refractivity contribution in [3.05, 3.63) is 51.5 Å². The monoisotopic (exact) mass is 310 g/mol. The third-order valence-electron chi connectivity index (χ3n) is 3.93. The zero-order valence-electron chi connectivity index (χ0n) is 11.9. The van der Waals surface area contributed by atoms with Crippen molar-refractivity contribution in [2.45, 2.75) is 23.7 Å². The summed E-state index contributed by atoms with van der Waals surface area (Å²) in [5.74, 6) is -3.78. The van der Waals surface area contributed by atoms with Crippen LogP contribution in [0.25, 0.3) is 1.43 Å². The maximum absolute atomic E-state index is 11.3. The van der Waals surface area contributed by atoms with Gasteiger partial charge in [0.15, 0.2) is 11.9 Å². The maximum Gasteiger partial charge on any atom is 0.378 e. The molecular formula is C13H11NO8. The topological polar surface area (TPSA) is 150 Å². The molecule has 1 saturated carbocycles. The first-order valence-corrected chi connectivity index (χ1v) is 6.24. The number of benzene rings is 1. The summed E-state index contributed by atoms with van der Waals surface area (Å²) in [5.41, 5.74) is -2.03. The first-order chi connectivity index (χ1) is 10.8. The van der Waals surface area contributed by atoms with Crippen molar-refractivity contribution in [1.82, 2.24) is 0 Å². The van der Waals surface area contributed by atoms with Gasteiger partial charge in [0.05, 0.1) is 11.0 Å². The molecule has 2 aliphatic rings. The number of esters is 1. The first-order valence-electron chi connectivity index (χ1n) is 6.65. The van der Waals surface area contributed by atoms with E-state index in [0.717, 1.165) is 0 Å². The van der Waals surface area contributed by atoms with E-state index < -0.39 is 46.1 Å². The van der Waals surface area contributed by atoms with E-state index >= 15 is 0 Å². The summed E-state index contributed by atoms with van der Waals surface area (Å²) in [6.07, 6.45) is -3.00. The molecule has 1 aliphatic heterocycles. The predicted molar refractivity (Wildman–Crippen MR) is 69.0 cm³/mol. The van der Waals surface area contributed by atoms with E-state index in [1.165, 1.54) is 24.3 Å². The lowest BCUT2D eigenvalue weighted by Crippen LogP contribution is -2.35. The molecule has 1 aromatic rings. The molecule has 0 radical (unpaired) electrons. The summed E-state index contributed by atoms with van der Waals surface area (Å²) in [4.78, 5) is 21.5. The molecule has 0 aromatic heterocycles. The van der Waals surface area contributed by atoms with Crippen LogP contribution in [0.4, 0.5) is 5.69 Å². The molecule has 2 unspecified atom stereocenters. The normalized spacial score (nSPS) is 34.2. The van der Waals surface area contributed by atoms with Gasteiger partial charge in [0, 0.05) is 18.1 Å². The van der Waals surface area contributed by atoms with Crippen molar-refractivity contribution in [2.24, 2.45) is 0 Å².